The van der Waals surface area contributed by atoms with Crippen LogP contribution in [0.3, 0.4) is 0 Å². The predicted octanol–water partition coefficient (Wildman–Crippen LogP) is 3.51. The Kier molecular flexibility index (Phi) is 2.96. The Bertz CT molecular complexity index is 728. The van der Waals surface area contributed by atoms with Gasteiger partial charge in [0.2, 0.25) is 0 Å². The summed E-state index contributed by atoms with van der Waals surface area (Å²) in [5.41, 5.74) is 1.64. The molecule has 0 bridgehead atoms. The Balaban J connectivity index is 2.06. The molecule has 0 aliphatic heterocycles. The molecule has 0 fully saturated rings. The van der Waals surface area contributed by atoms with Crippen LogP contribution >= 0.6 is 38.6 Å². The van der Waals surface area contributed by atoms with E-state index in [0.29, 0.717) is 0 Å². The minimum atomic E-state index is -0.830. The number of aromatic nitrogens is 2. The topological polar surface area (TPSA) is 54.6 Å². The summed E-state index contributed by atoms with van der Waals surface area (Å²) in [5.74, 6) is -0.830. The van der Waals surface area contributed by atoms with Crippen molar-refractivity contribution in [1.29, 1.82) is 0 Å². The Hall–Kier alpha value is -1.18. The number of imidazole rings is 1. The number of thiophene rings is 1. The highest BCUT2D eigenvalue weighted by molar-refractivity contribution is 9.11. The number of carboxylic acids is 1. The molecule has 92 valence electrons. The van der Waals surface area contributed by atoms with Crippen molar-refractivity contribution >= 4 is 49.5 Å². The molecule has 0 unspecified atom stereocenters. The predicted molar refractivity (Wildman–Crippen MR) is 75.4 cm³/mol. The van der Waals surface area contributed by atoms with Gasteiger partial charge in [-0.05, 0) is 28.1 Å². The molecule has 18 heavy (non-hydrogen) atoms. The number of carboxylic acid groups (broad SMARTS) is 1. The maximum Gasteiger partial charge on any atom is 0.309 e. The van der Waals surface area contributed by atoms with Gasteiger partial charge in [-0.1, -0.05) is 0 Å². The van der Waals surface area contributed by atoms with E-state index in [0.717, 1.165) is 25.0 Å². The number of fused-ring (bicyclic) bond motifs is 1. The lowest BCUT2D eigenvalue weighted by Gasteiger charge is -1.93. The molecule has 3 rings (SSSR count). The van der Waals surface area contributed by atoms with Gasteiger partial charge in [0.15, 0.2) is 4.96 Å². The van der Waals surface area contributed by atoms with E-state index >= 15 is 0 Å². The lowest BCUT2D eigenvalue weighted by Crippen LogP contribution is -2.01. The number of rotatable bonds is 3. The molecule has 0 radical (unpaired) electrons. The van der Waals surface area contributed by atoms with Gasteiger partial charge in [0.25, 0.3) is 0 Å². The number of hydrogen-bond acceptors (Lipinski definition) is 4. The summed E-state index contributed by atoms with van der Waals surface area (Å²) in [5, 5.41) is 10.7. The summed E-state index contributed by atoms with van der Waals surface area (Å²) in [4.78, 5) is 17.2. The zero-order valence-electron chi connectivity index (χ0n) is 8.96. The number of aliphatic carboxylic acids is 1. The first-order chi connectivity index (χ1) is 8.63. The van der Waals surface area contributed by atoms with Gasteiger partial charge in [-0.2, -0.15) is 0 Å². The van der Waals surface area contributed by atoms with Crippen molar-refractivity contribution in [2.45, 2.75) is 6.42 Å². The Morgan fingerprint density at radius 1 is 1.50 bits per heavy atom. The van der Waals surface area contributed by atoms with Crippen molar-refractivity contribution in [3.8, 4) is 10.6 Å². The van der Waals surface area contributed by atoms with E-state index in [1.807, 2.05) is 28.1 Å². The van der Waals surface area contributed by atoms with Crippen LogP contribution in [-0.2, 0) is 11.2 Å². The highest BCUT2D eigenvalue weighted by atomic mass is 79.9. The Morgan fingerprint density at radius 2 is 2.33 bits per heavy atom. The quantitative estimate of drug-likeness (QED) is 0.792. The summed E-state index contributed by atoms with van der Waals surface area (Å²) < 4.78 is 2.90. The van der Waals surface area contributed by atoms with Crippen molar-refractivity contribution < 1.29 is 9.90 Å². The lowest BCUT2D eigenvalue weighted by atomic mass is 10.3. The molecule has 7 heteroatoms. The van der Waals surface area contributed by atoms with Gasteiger partial charge >= 0.3 is 5.97 Å². The molecule has 0 saturated carbocycles. The molecule has 1 N–H and O–H groups in total. The van der Waals surface area contributed by atoms with Crippen LogP contribution in [0.5, 0.6) is 0 Å². The molecular weight excluding hydrogens is 336 g/mol. The second kappa shape index (κ2) is 4.49. The van der Waals surface area contributed by atoms with Gasteiger partial charge in [-0.15, -0.1) is 22.7 Å². The molecule has 0 aliphatic carbocycles. The zero-order valence-corrected chi connectivity index (χ0v) is 12.2. The molecule has 0 saturated heterocycles. The van der Waals surface area contributed by atoms with Crippen LogP contribution in [0.1, 0.15) is 5.69 Å². The van der Waals surface area contributed by atoms with Crippen LogP contribution in [0, 0.1) is 0 Å². The number of halogens is 1. The average Bonchev–Trinajstić information content (AvgIpc) is 2.94. The van der Waals surface area contributed by atoms with Crippen LogP contribution in [0.2, 0.25) is 0 Å². The summed E-state index contributed by atoms with van der Waals surface area (Å²) in [6, 6.07) is 3.98. The van der Waals surface area contributed by atoms with Gasteiger partial charge in [-0.25, -0.2) is 4.98 Å². The molecule has 3 aromatic rings. The monoisotopic (exact) mass is 342 g/mol. The van der Waals surface area contributed by atoms with Crippen LogP contribution in [0.4, 0.5) is 0 Å². The second-order valence-corrected chi connectivity index (χ2v) is 6.98. The Labute approximate surface area is 119 Å². The zero-order chi connectivity index (χ0) is 12.7. The minimum Gasteiger partial charge on any atom is -0.481 e. The first-order valence-corrected chi connectivity index (χ1v) is 7.55. The molecule has 0 aromatic carbocycles. The normalized spacial score (nSPS) is 11.2. The largest absolute Gasteiger partial charge is 0.481 e. The lowest BCUT2D eigenvalue weighted by molar-refractivity contribution is -0.136. The second-order valence-electron chi connectivity index (χ2n) is 3.68. The Morgan fingerprint density at radius 3 is 3.00 bits per heavy atom. The maximum atomic E-state index is 10.8. The maximum absolute atomic E-state index is 10.8. The summed E-state index contributed by atoms with van der Waals surface area (Å²) >= 11 is 6.49. The number of thiazole rings is 1. The van der Waals surface area contributed by atoms with E-state index in [4.69, 9.17) is 5.11 Å². The van der Waals surface area contributed by atoms with E-state index in [2.05, 4.69) is 20.9 Å². The molecule has 3 aromatic heterocycles. The SMILES string of the molecule is O=C(O)Cc1csc2nc(-c3ccc(Br)s3)cn12. The number of hydrogen-bond donors (Lipinski definition) is 1. The van der Waals surface area contributed by atoms with Gasteiger partial charge < -0.3 is 5.11 Å². The van der Waals surface area contributed by atoms with E-state index < -0.39 is 5.97 Å². The molecular formula is C11H7BrN2O2S2. The van der Waals surface area contributed by atoms with E-state index in [9.17, 15) is 4.79 Å². The summed E-state index contributed by atoms with van der Waals surface area (Å²) in [7, 11) is 0. The van der Waals surface area contributed by atoms with Crippen molar-refractivity contribution in [1.82, 2.24) is 9.38 Å². The third kappa shape index (κ3) is 2.09. The fourth-order valence-electron chi connectivity index (χ4n) is 1.68. The molecule has 0 atom stereocenters. The number of nitrogens with zero attached hydrogens (tertiary/aromatic N) is 2. The number of carbonyl (C=O) groups is 1. The van der Waals surface area contributed by atoms with E-state index in [1.165, 1.54) is 11.3 Å². The highest BCUT2D eigenvalue weighted by Crippen LogP contribution is 2.32. The third-order valence-corrected chi connectivity index (χ3v) is 4.98. The van der Waals surface area contributed by atoms with Crippen molar-refractivity contribution in [3.05, 3.63) is 33.2 Å². The van der Waals surface area contributed by atoms with Crippen molar-refractivity contribution in [3.63, 3.8) is 0 Å². The van der Waals surface area contributed by atoms with Gasteiger partial charge in [0.1, 0.15) is 5.69 Å². The molecule has 3 heterocycles. The molecule has 0 amide bonds. The minimum absolute atomic E-state index is 0.0178. The fraction of sp³-hybridized carbons (Fsp3) is 0.0909. The fourth-order valence-corrected chi connectivity index (χ4v) is 3.90. The van der Waals surface area contributed by atoms with E-state index in [1.54, 1.807) is 11.3 Å². The van der Waals surface area contributed by atoms with E-state index in [-0.39, 0.29) is 6.42 Å². The van der Waals surface area contributed by atoms with Gasteiger partial charge in [-0.3, -0.25) is 9.20 Å². The van der Waals surface area contributed by atoms with Crippen molar-refractivity contribution in [2.75, 3.05) is 0 Å². The first-order valence-electron chi connectivity index (χ1n) is 5.06. The van der Waals surface area contributed by atoms with Crippen LogP contribution in [0.15, 0.2) is 27.5 Å². The molecule has 0 spiro atoms. The average molecular weight is 343 g/mol. The smallest absolute Gasteiger partial charge is 0.309 e. The third-order valence-electron chi connectivity index (χ3n) is 2.44. The van der Waals surface area contributed by atoms with Crippen LogP contribution < -0.4 is 0 Å². The van der Waals surface area contributed by atoms with Crippen LogP contribution in [-0.4, -0.2) is 20.5 Å². The van der Waals surface area contributed by atoms with Gasteiger partial charge in [0.05, 0.1) is 15.1 Å². The first kappa shape index (κ1) is 11.9. The van der Waals surface area contributed by atoms with Gasteiger partial charge in [0, 0.05) is 17.3 Å². The van der Waals surface area contributed by atoms with Crippen molar-refractivity contribution in [2.24, 2.45) is 0 Å². The summed E-state index contributed by atoms with van der Waals surface area (Å²) in [6.45, 7) is 0. The summed E-state index contributed by atoms with van der Waals surface area (Å²) in [6.07, 6.45) is 1.91. The standard InChI is InChI=1S/C11H7BrN2O2S2/c12-9-2-1-8(18-9)7-4-14-6(3-10(15)16)5-17-11(14)13-7/h1-2,4-5H,3H2,(H,15,16). The highest BCUT2D eigenvalue weighted by Gasteiger charge is 2.12. The molecule has 0 aliphatic rings. The van der Waals surface area contributed by atoms with Crippen LogP contribution in [0.25, 0.3) is 15.5 Å². The molecule has 4 nitrogen and oxygen atoms in total.